The van der Waals surface area contributed by atoms with Crippen LogP contribution in [-0.4, -0.2) is 27.7 Å². The molecule has 0 spiro atoms. The zero-order valence-electron chi connectivity index (χ0n) is 10.0. The summed E-state index contributed by atoms with van der Waals surface area (Å²) in [6, 6.07) is 5.88. The molecule has 0 unspecified atom stereocenters. The second-order valence-electron chi connectivity index (χ2n) is 3.75. The lowest BCUT2D eigenvalue weighted by Gasteiger charge is -2.05. The van der Waals surface area contributed by atoms with Crippen molar-refractivity contribution in [3.05, 3.63) is 46.3 Å². The van der Waals surface area contributed by atoms with Gasteiger partial charge in [-0.15, -0.1) is 0 Å². The van der Waals surface area contributed by atoms with E-state index in [2.05, 4.69) is 10.4 Å². The number of anilines is 1. The van der Waals surface area contributed by atoms with Crippen molar-refractivity contribution >= 4 is 17.3 Å². The minimum absolute atomic E-state index is 0.0713. The van der Waals surface area contributed by atoms with Gasteiger partial charge >= 0.3 is 0 Å². The van der Waals surface area contributed by atoms with Gasteiger partial charge < -0.3 is 11.1 Å². The van der Waals surface area contributed by atoms with Gasteiger partial charge in [-0.3, -0.25) is 14.9 Å². The normalized spacial score (nSPS) is 10.2. The first-order valence-corrected chi connectivity index (χ1v) is 5.34. The van der Waals surface area contributed by atoms with E-state index in [1.54, 1.807) is 13.1 Å². The van der Waals surface area contributed by atoms with E-state index in [0.29, 0.717) is 11.4 Å². The summed E-state index contributed by atoms with van der Waals surface area (Å²) in [5, 5.41) is 17.6. The first kappa shape index (κ1) is 12.6. The molecule has 98 valence electrons. The van der Waals surface area contributed by atoms with Gasteiger partial charge in [0.1, 0.15) is 5.69 Å². The highest BCUT2D eigenvalue weighted by molar-refractivity contribution is 5.90. The average Bonchev–Trinajstić information content (AvgIpc) is 2.87. The van der Waals surface area contributed by atoms with Gasteiger partial charge in [-0.05, 0) is 12.1 Å². The van der Waals surface area contributed by atoms with E-state index in [1.807, 2.05) is 0 Å². The summed E-state index contributed by atoms with van der Waals surface area (Å²) in [6.45, 7) is 0. The van der Waals surface area contributed by atoms with Gasteiger partial charge in [-0.2, -0.15) is 5.10 Å². The number of nitrogens with zero attached hydrogens (tertiary/aromatic N) is 3. The molecule has 0 bridgehead atoms. The van der Waals surface area contributed by atoms with Crippen LogP contribution in [0, 0.1) is 10.1 Å². The molecule has 8 heteroatoms. The molecule has 0 saturated carbocycles. The number of benzene rings is 1. The summed E-state index contributed by atoms with van der Waals surface area (Å²) < 4.78 is 1.36. The lowest BCUT2D eigenvalue weighted by atomic mass is 10.2. The molecular formula is C11H11N5O3. The monoisotopic (exact) mass is 261 g/mol. The predicted molar refractivity (Wildman–Crippen MR) is 68.3 cm³/mol. The number of hydrogen-bond acceptors (Lipinski definition) is 5. The minimum atomic E-state index is -0.655. The number of amides is 1. The van der Waals surface area contributed by atoms with Gasteiger partial charge in [0.05, 0.1) is 10.6 Å². The Morgan fingerprint density at radius 2 is 2.21 bits per heavy atom. The van der Waals surface area contributed by atoms with Crippen LogP contribution in [0.1, 0.15) is 10.5 Å². The van der Waals surface area contributed by atoms with Crippen molar-refractivity contribution in [1.82, 2.24) is 9.78 Å². The number of nitro groups is 1. The van der Waals surface area contributed by atoms with Crippen LogP contribution in [0.2, 0.25) is 0 Å². The summed E-state index contributed by atoms with van der Waals surface area (Å²) >= 11 is 0. The molecule has 0 aliphatic carbocycles. The van der Waals surface area contributed by atoms with E-state index in [-0.39, 0.29) is 11.4 Å². The van der Waals surface area contributed by atoms with Crippen LogP contribution >= 0.6 is 0 Å². The van der Waals surface area contributed by atoms with Crippen molar-refractivity contribution in [2.75, 3.05) is 12.4 Å². The van der Waals surface area contributed by atoms with E-state index in [0.717, 1.165) is 0 Å². The van der Waals surface area contributed by atoms with Crippen LogP contribution in [0.3, 0.4) is 0 Å². The van der Waals surface area contributed by atoms with Crippen molar-refractivity contribution in [2.24, 2.45) is 5.73 Å². The molecule has 1 aromatic heterocycles. The van der Waals surface area contributed by atoms with Crippen LogP contribution in [-0.2, 0) is 0 Å². The van der Waals surface area contributed by atoms with Crippen LogP contribution in [0.5, 0.6) is 0 Å². The topological polar surface area (TPSA) is 116 Å². The van der Waals surface area contributed by atoms with E-state index < -0.39 is 10.8 Å². The number of carbonyl (C=O) groups is 1. The fourth-order valence-electron chi connectivity index (χ4n) is 1.58. The second-order valence-corrected chi connectivity index (χ2v) is 3.75. The molecule has 1 aromatic carbocycles. The Hall–Kier alpha value is -2.90. The van der Waals surface area contributed by atoms with E-state index >= 15 is 0 Å². The Labute approximate surface area is 108 Å². The van der Waals surface area contributed by atoms with Gasteiger partial charge in [0.2, 0.25) is 0 Å². The molecule has 3 N–H and O–H groups in total. The molecule has 2 aromatic rings. The van der Waals surface area contributed by atoms with Crippen molar-refractivity contribution in [3.8, 4) is 5.69 Å². The lowest BCUT2D eigenvalue weighted by molar-refractivity contribution is -0.384. The molecule has 0 saturated heterocycles. The van der Waals surface area contributed by atoms with Gasteiger partial charge in [-0.1, -0.05) is 0 Å². The third-order valence-electron chi connectivity index (χ3n) is 2.51. The smallest absolute Gasteiger partial charge is 0.273 e. The quantitative estimate of drug-likeness (QED) is 0.627. The fourth-order valence-corrected chi connectivity index (χ4v) is 1.58. The van der Waals surface area contributed by atoms with Crippen molar-refractivity contribution in [1.29, 1.82) is 0 Å². The third-order valence-corrected chi connectivity index (χ3v) is 2.51. The Kier molecular flexibility index (Phi) is 3.15. The Balaban J connectivity index is 2.50. The number of carbonyl (C=O) groups excluding carboxylic acids is 1. The highest BCUT2D eigenvalue weighted by Gasteiger charge is 2.12. The average molecular weight is 261 g/mol. The predicted octanol–water partition coefficient (Wildman–Crippen LogP) is 0.921. The van der Waals surface area contributed by atoms with Gasteiger partial charge in [0, 0.05) is 31.1 Å². The zero-order chi connectivity index (χ0) is 14.0. The Morgan fingerprint density at radius 3 is 2.74 bits per heavy atom. The number of nitrogens with one attached hydrogen (secondary N) is 1. The van der Waals surface area contributed by atoms with E-state index in [9.17, 15) is 14.9 Å². The number of non-ortho nitro benzene ring substituents is 1. The van der Waals surface area contributed by atoms with Crippen molar-refractivity contribution in [2.45, 2.75) is 0 Å². The summed E-state index contributed by atoms with van der Waals surface area (Å²) in [5.41, 5.74) is 6.16. The van der Waals surface area contributed by atoms with Crippen LogP contribution in [0.15, 0.2) is 30.5 Å². The SMILES string of the molecule is CNc1cc(-n2ccc(C(N)=O)n2)cc([N+](=O)[O-])c1. The Morgan fingerprint density at radius 1 is 1.47 bits per heavy atom. The molecule has 1 heterocycles. The van der Waals surface area contributed by atoms with Crippen LogP contribution < -0.4 is 11.1 Å². The molecule has 0 fully saturated rings. The first-order valence-electron chi connectivity index (χ1n) is 5.34. The largest absolute Gasteiger partial charge is 0.388 e. The molecular weight excluding hydrogens is 250 g/mol. The molecule has 8 nitrogen and oxygen atoms in total. The van der Waals surface area contributed by atoms with Crippen LogP contribution in [0.25, 0.3) is 5.69 Å². The Bertz CT molecular complexity index is 650. The maximum absolute atomic E-state index is 11.0. The number of aromatic nitrogens is 2. The molecule has 1 amide bonds. The summed E-state index contributed by atoms with van der Waals surface area (Å²) in [6.07, 6.45) is 1.51. The zero-order valence-corrected chi connectivity index (χ0v) is 10.0. The number of nitrogens with two attached hydrogens (primary N) is 1. The molecule has 19 heavy (non-hydrogen) atoms. The third kappa shape index (κ3) is 2.51. The van der Waals surface area contributed by atoms with Gasteiger partial charge in [0.15, 0.2) is 0 Å². The molecule has 0 radical (unpaired) electrons. The van der Waals surface area contributed by atoms with Crippen molar-refractivity contribution in [3.63, 3.8) is 0 Å². The molecule has 0 aliphatic rings. The molecule has 0 aliphatic heterocycles. The molecule has 0 atom stereocenters. The van der Waals surface area contributed by atoms with Crippen molar-refractivity contribution < 1.29 is 9.72 Å². The lowest BCUT2D eigenvalue weighted by Crippen LogP contribution is -2.12. The minimum Gasteiger partial charge on any atom is -0.388 e. The van der Waals surface area contributed by atoms with Gasteiger partial charge in [0.25, 0.3) is 11.6 Å². The maximum Gasteiger partial charge on any atom is 0.273 e. The standard InChI is InChI=1S/C11H11N5O3/c1-13-7-4-8(6-9(5-7)16(18)19)15-3-2-10(14-15)11(12)17/h2-6,13H,1H3,(H2,12,17). The summed E-state index contributed by atoms with van der Waals surface area (Å²) in [7, 11) is 1.65. The summed E-state index contributed by atoms with van der Waals surface area (Å²) in [4.78, 5) is 21.3. The highest BCUT2D eigenvalue weighted by Crippen LogP contribution is 2.23. The number of rotatable bonds is 4. The number of primary amides is 1. The second kappa shape index (κ2) is 4.77. The van der Waals surface area contributed by atoms with Crippen LogP contribution in [0.4, 0.5) is 11.4 Å². The summed E-state index contributed by atoms with van der Waals surface area (Å²) in [5.74, 6) is -0.655. The maximum atomic E-state index is 11.0. The van der Waals surface area contributed by atoms with E-state index in [4.69, 9.17) is 5.73 Å². The number of nitro benzene ring substituents is 1. The fraction of sp³-hybridized carbons (Fsp3) is 0.0909. The van der Waals surface area contributed by atoms with E-state index in [1.165, 1.54) is 29.1 Å². The highest BCUT2D eigenvalue weighted by atomic mass is 16.6. The molecule has 2 rings (SSSR count). The number of hydrogen-bond donors (Lipinski definition) is 2. The van der Waals surface area contributed by atoms with Gasteiger partial charge in [-0.25, -0.2) is 4.68 Å². The first-order chi connectivity index (χ1) is 9.01.